The largest absolute Gasteiger partial charge is 1.00 e. The average molecular weight is 166 g/mol. The van der Waals surface area contributed by atoms with Crippen molar-refractivity contribution in [3.8, 4) is 0 Å². The average Bonchev–Trinajstić information content (AvgIpc) is 1.59. The van der Waals surface area contributed by atoms with Crippen LogP contribution in [0, 0.1) is 0 Å². The molecule has 0 unspecified atom stereocenters. The van der Waals surface area contributed by atoms with Crippen molar-refractivity contribution in [2.24, 2.45) is 0 Å². The number of hydrogen-bond donors (Lipinski definition) is 3. The fourth-order valence-corrected chi connectivity index (χ4v) is 0.427. The molecule has 0 aliphatic heterocycles. The molecule has 0 fully saturated rings. The van der Waals surface area contributed by atoms with Crippen LogP contribution in [0.3, 0.4) is 0 Å². The number of aromatic nitrogens is 3. The van der Waals surface area contributed by atoms with Crippen LogP contribution in [-0.4, -0.2) is 20.4 Å². The van der Waals surface area contributed by atoms with Crippen LogP contribution in [0.4, 0.5) is 17.8 Å². The summed E-state index contributed by atoms with van der Waals surface area (Å²) in [6.45, 7) is 0. The predicted octanol–water partition coefficient (Wildman–Crippen LogP) is -4.55. The maximum atomic E-state index is 5.14. The van der Waals surface area contributed by atoms with Crippen molar-refractivity contribution in [2.45, 2.75) is 0 Å². The van der Waals surface area contributed by atoms with Crippen molar-refractivity contribution in [1.82, 2.24) is 15.0 Å². The molecule has 0 aliphatic carbocycles. The molecule has 0 spiro atoms. The van der Waals surface area contributed by atoms with Gasteiger partial charge in [0, 0.05) is 0 Å². The maximum absolute atomic E-state index is 5.14. The zero-order valence-electron chi connectivity index (χ0n) is 6.02. The van der Waals surface area contributed by atoms with Gasteiger partial charge < -0.3 is 22.7 Å². The molecule has 7 N–H and O–H groups in total. The van der Waals surface area contributed by atoms with Crippen molar-refractivity contribution in [3.05, 3.63) is 0 Å². The van der Waals surface area contributed by atoms with Crippen molar-refractivity contribution >= 4 is 17.8 Å². The zero-order chi connectivity index (χ0) is 6.85. The minimum atomic E-state index is 0. The quantitative estimate of drug-likeness (QED) is 0.329. The fourth-order valence-electron chi connectivity index (χ4n) is 0.427. The van der Waals surface area contributed by atoms with E-state index in [1.54, 1.807) is 0 Å². The summed E-state index contributed by atoms with van der Waals surface area (Å²) in [4.78, 5) is 10.5. The molecule has 0 bridgehead atoms. The number of nitrogens with two attached hydrogens (primary N) is 3. The van der Waals surface area contributed by atoms with Crippen LogP contribution in [0.5, 0.6) is 0 Å². The molecule has 0 saturated carbocycles. The monoisotopic (exact) mass is 166 g/mol. The first-order valence-corrected chi connectivity index (χ1v) is 2.21. The second kappa shape index (κ2) is 5.08. The number of rotatable bonds is 0. The van der Waals surface area contributed by atoms with E-state index < -0.39 is 0 Å². The molecule has 7 nitrogen and oxygen atoms in total. The Morgan fingerprint density at radius 2 is 0.909 bits per heavy atom. The summed E-state index contributed by atoms with van der Waals surface area (Å²) in [5.41, 5.74) is 15.4. The van der Waals surface area contributed by atoms with Gasteiger partial charge in [0.05, 0.1) is 0 Å². The van der Waals surface area contributed by atoms with E-state index in [1.807, 2.05) is 0 Å². The third-order valence-electron chi connectivity index (χ3n) is 0.687. The van der Waals surface area contributed by atoms with E-state index in [0.717, 1.165) is 0 Å². The first-order valence-electron chi connectivity index (χ1n) is 2.21. The van der Waals surface area contributed by atoms with Gasteiger partial charge in [-0.05, 0) is 0 Å². The maximum Gasteiger partial charge on any atom is 1.00 e. The Kier molecular flexibility index (Phi) is 6.00. The Morgan fingerprint density at radius 1 is 0.727 bits per heavy atom. The molecule has 0 amide bonds. The molecular formula is C3H7N6NaO. The van der Waals surface area contributed by atoms with Gasteiger partial charge in [0.15, 0.2) is 0 Å². The van der Waals surface area contributed by atoms with Crippen molar-refractivity contribution in [2.75, 3.05) is 17.2 Å². The van der Waals surface area contributed by atoms with E-state index in [2.05, 4.69) is 15.0 Å². The number of anilines is 3. The van der Waals surface area contributed by atoms with Crippen LogP contribution >= 0.6 is 0 Å². The Hall–Kier alpha value is -0.630. The van der Waals surface area contributed by atoms with Gasteiger partial charge in [-0.2, -0.15) is 15.0 Å². The molecular weight excluding hydrogens is 159 g/mol. The molecule has 0 atom stereocenters. The standard InChI is InChI=1S/C3H6N6.Na.H2O/c4-1-7-2(5)9-3(6)8-1;;/h(H6,4,5,6,7,8,9);;1H2/q;+1;/p-1. The summed E-state index contributed by atoms with van der Waals surface area (Å²) in [6, 6.07) is 0. The molecule has 0 saturated heterocycles. The molecule has 8 heteroatoms. The summed E-state index contributed by atoms with van der Waals surface area (Å²) in [6.07, 6.45) is 0. The number of nitrogen functional groups attached to an aromatic ring is 3. The summed E-state index contributed by atoms with van der Waals surface area (Å²) in [5, 5.41) is 0. The number of nitrogens with zero attached hydrogens (tertiary/aromatic N) is 3. The normalized spacial score (nSPS) is 7.64. The summed E-state index contributed by atoms with van der Waals surface area (Å²) in [5.74, 6) is 0.125. The van der Waals surface area contributed by atoms with Gasteiger partial charge in [-0.15, -0.1) is 0 Å². The smallest absolute Gasteiger partial charge is 0.870 e. The molecule has 1 rings (SSSR count). The summed E-state index contributed by atoms with van der Waals surface area (Å²) in [7, 11) is 0. The molecule has 0 aliphatic rings. The Bertz CT molecular complexity index is 179. The van der Waals surface area contributed by atoms with Crippen molar-refractivity contribution in [3.63, 3.8) is 0 Å². The third-order valence-corrected chi connectivity index (χ3v) is 0.687. The van der Waals surface area contributed by atoms with E-state index in [1.165, 1.54) is 0 Å². The summed E-state index contributed by atoms with van der Waals surface area (Å²) >= 11 is 0. The van der Waals surface area contributed by atoms with Crippen LogP contribution in [0.2, 0.25) is 0 Å². The minimum absolute atomic E-state index is 0. The summed E-state index contributed by atoms with van der Waals surface area (Å²) < 4.78 is 0. The molecule has 1 heterocycles. The second-order valence-corrected chi connectivity index (χ2v) is 1.41. The van der Waals surface area contributed by atoms with Crippen molar-refractivity contribution < 1.29 is 35.0 Å². The van der Waals surface area contributed by atoms with E-state index in [0.29, 0.717) is 0 Å². The second-order valence-electron chi connectivity index (χ2n) is 1.41. The van der Waals surface area contributed by atoms with Gasteiger partial charge in [0.2, 0.25) is 17.8 Å². The fraction of sp³-hybridized carbons (Fsp3) is 0. The Morgan fingerprint density at radius 3 is 1.09 bits per heavy atom. The number of hydrogen-bond acceptors (Lipinski definition) is 7. The first-order chi connectivity index (χ1) is 4.18. The minimum Gasteiger partial charge on any atom is -0.870 e. The zero-order valence-corrected chi connectivity index (χ0v) is 8.02. The van der Waals surface area contributed by atoms with Gasteiger partial charge in [-0.25, -0.2) is 0 Å². The van der Waals surface area contributed by atoms with Gasteiger partial charge >= 0.3 is 29.6 Å². The molecule has 56 valence electrons. The molecule has 0 radical (unpaired) electrons. The van der Waals surface area contributed by atoms with Crippen LogP contribution in [-0.2, 0) is 0 Å². The van der Waals surface area contributed by atoms with E-state index >= 15 is 0 Å². The first kappa shape index (κ1) is 13.0. The molecule has 1 aromatic heterocycles. The van der Waals surface area contributed by atoms with E-state index in [9.17, 15) is 0 Å². The van der Waals surface area contributed by atoms with Crippen LogP contribution in [0.1, 0.15) is 0 Å². The Labute approximate surface area is 85.0 Å². The van der Waals surface area contributed by atoms with Gasteiger partial charge in [0.1, 0.15) is 0 Å². The topological polar surface area (TPSA) is 147 Å². The molecule has 1 aromatic rings. The Balaban J connectivity index is 0. The van der Waals surface area contributed by atoms with Gasteiger partial charge in [0.25, 0.3) is 0 Å². The van der Waals surface area contributed by atoms with E-state index in [4.69, 9.17) is 17.2 Å². The van der Waals surface area contributed by atoms with Crippen LogP contribution in [0.25, 0.3) is 0 Å². The van der Waals surface area contributed by atoms with Crippen molar-refractivity contribution in [1.29, 1.82) is 0 Å². The van der Waals surface area contributed by atoms with Gasteiger partial charge in [-0.3, -0.25) is 0 Å². The van der Waals surface area contributed by atoms with Crippen LogP contribution < -0.4 is 46.8 Å². The van der Waals surface area contributed by atoms with E-state index in [-0.39, 0.29) is 52.9 Å². The SMILES string of the molecule is Nc1nc(N)nc(N)n1.[Na+].[OH-]. The van der Waals surface area contributed by atoms with Gasteiger partial charge in [-0.1, -0.05) is 0 Å². The molecule has 11 heavy (non-hydrogen) atoms. The predicted molar refractivity (Wildman–Crippen MR) is 35.0 cm³/mol. The molecule has 0 aromatic carbocycles. The third kappa shape index (κ3) is 3.94. The van der Waals surface area contributed by atoms with Crippen LogP contribution in [0.15, 0.2) is 0 Å².